The van der Waals surface area contributed by atoms with Gasteiger partial charge in [0.25, 0.3) is 46.2 Å². The van der Waals surface area contributed by atoms with Crippen LogP contribution in [0.3, 0.4) is 0 Å². The van der Waals surface area contributed by atoms with Crippen molar-refractivity contribution < 1.29 is 57.2 Å². The zero-order valence-corrected chi connectivity index (χ0v) is 52.9. The number of amides is 5. The zero-order chi connectivity index (χ0) is 70.1. The topological polar surface area (TPSA) is 480 Å². The average molecular weight is 1370 g/mol. The molecule has 0 unspecified atom stereocenters. The molecule has 0 saturated heterocycles. The molecule has 0 atom stereocenters. The van der Waals surface area contributed by atoms with Crippen LogP contribution >= 0.6 is 58.6 Å². The number of nitro groups is 4. The van der Waals surface area contributed by atoms with Gasteiger partial charge in [0, 0.05) is 95.4 Å². The summed E-state index contributed by atoms with van der Waals surface area (Å²) in [6.07, 6.45) is 0. The van der Waals surface area contributed by atoms with Crippen LogP contribution in [0.1, 0.15) is 78.8 Å². The number of anilines is 5. The maximum absolute atomic E-state index is 13.0. The number of fused-ring (bicyclic) bond motifs is 1. The second-order valence-electron chi connectivity index (χ2n) is 17.3. The van der Waals surface area contributed by atoms with Crippen LogP contribution in [0.25, 0.3) is 11.0 Å². The molecule has 7 rings (SSSR count). The van der Waals surface area contributed by atoms with Gasteiger partial charge in [-0.1, -0.05) is 39.8 Å². The fourth-order valence-corrected chi connectivity index (χ4v) is 7.84. The Kier molecular flexibility index (Phi) is 31.5. The average Bonchev–Trinajstić information content (AvgIpc) is 1.82. The Labute approximate surface area is 540 Å². The highest BCUT2D eigenvalue weighted by Crippen LogP contribution is 2.31. The summed E-state index contributed by atoms with van der Waals surface area (Å²) in [6.45, 7) is 8.45. The van der Waals surface area contributed by atoms with Gasteiger partial charge in [0.05, 0.1) is 73.9 Å². The summed E-state index contributed by atoms with van der Waals surface area (Å²) in [7, 11) is 9.20. The number of nitro benzene ring substituents is 4. The van der Waals surface area contributed by atoms with E-state index in [4.69, 9.17) is 69.3 Å². The van der Waals surface area contributed by atoms with Crippen molar-refractivity contribution in [2.24, 2.45) is 0 Å². The maximum Gasteiger partial charge on any atom is 0.305 e. The molecule has 1 aromatic heterocycles. The molecule has 5 amide bonds. The third kappa shape index (κ3) is 22.4. The lowest BCUT2D eigenvalue weighted by Gasteiger charge is -2.07. The van der Waals surface area contributed by atoms with Crippen LogP contribution in [-0.4, -0.2) is 112 Å². The summed E-state index contributed by atoms with van der Waals surface area (Å²) in [5.41, 5.74) is 25.9. The molecular weight excluding hydrogens is 1310 g/mol. The second-order valence-corrected chi connectivity index (χ2v) is 19.2. The monoisotopic (exact) mass is 1360 g/mol. The summed E-state index contributed by atoms with van der Waals surface area (Å²) in [4.78, 5) is 113. The molecule has 1 heterocycles. The highest BCUT2D eigenvalue weighted by atomic mass is 35.5. The van der Waals surface area contributed by atoms with E-state index in [0.717, 1.165) is 40.4 Å². The van der Waals surface area contributed by atoms with Crippen LogP contribution in [0.15, 0.2) is 79.4 Å². The van der Waals surface area contributed by atoms with Gasteiger partial charge in [-0.3, -0.25) is 69.2 Å². The van der Waals surface area contributed by atoms with Crippen molar-refractivity contribution in [3.63, 3.8) is 0 Å². The molecule has 0 aliphatic heterocycles. The maximum atomic E-state index is 13.0. The van der Waals surface area contributed by atoms with Crippen LogP contribution in [0, 0.1) is 72.9 Å². The minimum atomic E-state index is -1.11. The van der Waals surface area contributed by atoms with Crippen LogP contribution in [0.5, 0.6) is 0 Å². The predicted molar refractivity (Wildman–Crippen MR) is 347 cm³/mol. The van der Waals surface area contributed by atoms with Gasteiger partial charge in [0.2, 0.25) is 17.6 Å². The first-order valence-corrected chi connectivity index (χ1v) is 26.7. The molecule has 0 spiro atoms. The number of aromatic nitrogens is 2. The Bertz CT molecular complexity index is 3780. The molecule has 6 aromatic carbocycles. The number of hydrogen-bond donors (Lipinski definition) is 11. The normalized spacial score (nSPS) is 9.66. The molecule has 15 N–H and O–H groups in total. The standard InChI is InChI=1S/C11H14N4O.C9H11N3O3.C9H13N3O.C8H6ClFN2O3.C8H8ClN3O3.C7H2Cl2FNO3.C2H2S/c1-6-4-8-9(15-11(13-3)14-8)5-7(6)10(16)12-2;1-5-3-7(10)8(12(14)15)4-6(5)9(13)11-2;1-5-3-7(10)8(11)4-6(5)9(13)12-2;2*1-11-8(13)4-2-7(12(14)15)6(10)3-5(4)9;8-4-2-5(10)6(11(13)14)1-3(4)7(9)12;1-2-3/h4-5H,1-3H3,(H,12,16)(H2,13,14,15);3-4H,10H2,1-2H3,(H,11,13);3-4H,10-11H2,1-2H3,(H,12,13);2-3H,1H3,(H,11,13);2-3H,10H2,1H3,(H,11,13);1-2H;1H2. The van der Waals surface area contributed by atoms with Gasteiger partial charge in [-0.25, -0.2) is 4.98 Å². The van der Waals surface area contributed by atoms with E-state index in [9.17, 15) is 78.0 Å². The van der Waals surface area contributed by atoms with Gasteiger partial charge >= 0.3 is 11.4 Å². The minimum absolute atomic E-state index is 0.0278. The van der Waals surface area contributed by atoms with E-state index in [1.54, 1.807) is 46.3 Å². The van der Waals surface area contributed by atoms with Crippen molar-refractivity contribution in [3.8, 4) is 0 Å². The Morgan fingerprint density at radius 1 is 0.495 bits per heavy atom. The first-order valence-electron chi connectivity index (χ1n) is 24.8. The van der Waals surface area contributed by atoms with E-state index >= 15 is 0 Å². The summed E-state index contributed by atoms with van der Waals surface area (Å²) < 4.78 is 25.9. The molecule has 484 valence electrons. The van der Waals surface area contributed by atoms with Crippen molar-refractivity contribution >= 4 is 161 Å². The number of nitrogens with zero attached hydrogens (tertiary/aromatic N) is 5. The number of imidazole rings is 1. The van der Waals surface area contributed by atoms with Gasteiger partial charge in [0.15, 0.2) is 0 Å². The largest absolute Gasteiger partial charge is 0.397 e. The minimum Gasteiger partial charge on any atom is -0.397 e. The lowest BCUT2D eigenvalue weighted by Crippen LogP contribution is -2.19. The number of thiocarbonyl (C=S) groups is 1. The molecule has 0 aliphatic carbocycles. The van der Waals surface area contributed by atoms with Crippen molar-refractivity contribution in [3.05, 3.63) is 197 Å². The number of aromatic amines is 1. The van der Waals surface area contributed by atoms with Crippen molar-refractivity contribution in [1.82, 2.24) is 36.6 Å². The summed E-state index contributed by atoms with van der Waals surface area (Å²) >= 11 is 25.8. The summed E-state index contributed by atoms with van der Waals surface area (Å²) in [6, 6.07) is 14.8. The highest BCUT2D eigenvalue weighted by molar-refractivity contribution is 7.78. The fourth-order valence-electron chi connectivity index (χ4n) is 6.90. The molecule has 0 aliphatic rings. The number of aryl methyl sites for hydroxylation is 3. The highest BCUT2D eigenvalue weighted by Gasteiger charge is 2.23. The number of carbonyl (C=O) groups excluding carboxylic acids is 6. The number of H-pyrrole nitrogens is 1. The van der Waals surface area contributed by atoms with Gasteiger partial charge in [-0.05, 0) is 104 Å². The van der Waals surface area contributed by atoms with Crippen LogP contribution in [0.2, 0.25) is 15.1 Å². The van der Waals surface area contributed by atoms with E-state index < -0.39 is 59.8 Å². The molecule has 0 saturated carbocycles. The Morgan fingerprint density at radius 3 is 1.18 bits per heavy atom. The third-order valence-corrected chi connectivity index (χ3v) is 12.6. The number of nitrogens with two attached hydrogens (primary N) is 4. The van der Waals surface area contributed by atoms with E-state index in [1.807, 2.05) is 19.9 Å². The molecule has 91 heavy (non-hydrogen) atoms. The predicted octanol–water partition coefficient (Wildman–Crippen LogP) is 9.11. The first kappa shape index (κ1) is 78.3. The molecule has 0 radical (unpaired) electrons. The Morgan fingerprint density at radius 2 is 0.791 bits per heavy atom. The van der Waals surface area contributed by atoms with Crippen LogP contribution < -0.4 is 54.8 Å². The second kappa shape index (κ2) is 36.6. The number of halogens is 6. The van der Waals surface area contributed by atoms with Crippen molar-refractivity contribution in [1.29, 1.82) is 0 Å². The third-order valence-electron chi connectivity index (χ3n) is 11.4. The van der Waals surface area contributed by atoms with Crippen LogP contribution in [-0.2, 0) is 0 Å². The van der Waals surface area contributed by atoms with Crippen molar-refractivity contribution in [2.75, 3.05) is 70.5 Å². The van der Waals surface area contributed by atoms with Crippen LogP contribution in [0.4, 0.5) is 60.2 Å². The lowest BCUT2D eigenvalue weighted by molar-refractivity contribution is -0.387. The number of rotatable bonds is 11. The fraction of sp³-hybridized carbons (Fsp3) is 0.167. The van der Waals surface area contributed by atoms with E-state index in [1.165, 1.54) is 39.3 Å². The van der Waals surface area contributed by atoms with Gasteiger partial charge in [-0.2, -0.15) is 8.78 Å². The molecule has 37 heteroatoms. The van der Waals surface area contributed by atoms with Gasteiger partial charge < -0.3 is 59.8 Å². The Balaban J connectivity index is 0.000000541. The van der Waals surface area contributed by atoms with Gasteiger partial charge in [0.1, 0.15) is 11.4 Å². The quantitative estimate of drug-likeness (QED) is 0.0189. The Hall–Kier alpha value is -10.7. The number of nitrogen functional groups attached to an aromatic ring is 4. The summed E-state index contributed by atoms with van der Waals surface area (Å²) in [5, 5.41) is 57.6. The lowest BCUT2D eigenvalue weighted by atomic mass is 10.1. The summed E-state index contributed by atoms with van der Waals surface area (Å²) in [5.74, 6) is -3.19. The first-order chi connectivity index (χ1) is 42.5. The number of hydrogen-bond acceptors (Lipinski definition) is 21. The SMILES string of the molecule is C=C=S.CNC(=O)c1cc(N)c(N)cc1C.CNC(=O)c1cc([N+](=O)[O-])c(F)cc1Cl.CNC(=O)c1cc([N+](=O)[O-])c(N)cc1C.CNC(=O)c1cc([N+](=O)[O-])c(N)cc1Cl.CNC(=O)c1cc2nc(NC)[nH]c2cc1C.O=C(Cl)c1cc([N+](=O)[O-])c(F)cc1Cl. The molecule has 30 nitrogen and oxygen atoms in total. The van der Waals surface area contributed by atoms with E-state index in [0.29, 0.717) is 46.1 Å². The van der Waals surface area contributed by atoms with Crippen molar-refractivity contribution in [2.45, 2.75) is 20.8 Å². The van der Waals surface area contributed by atoms with E-state index in [2.05, 4.69) is 65.7 Å². The molecule has 0 bridgehead atoms. The number of benzene rings is 6. The van der Waals surface area contributed by atoms with Gasteiger partial charge in [-0.15, -0.1) is 0 Å². The zero-order valence-electron chi connectivity index (χ0n) is 49.1. The number of carbonyl (C=O) groups is 6. The smallest absolute Gasteiger partial charge is 0.305 e. The molecule has 0 fully saturated rings. The van der Waals surface area contributed by atoms with E-state index in [-0.39, 0.29) is 77.8 Å². The molecular formula is C54H56Cl4F2N16O14S. The molecule has 7 aromatic rings. The number of nitrogens with one attached hydrogen (secondary N) is 7.